The highest BCUT2D eigenvalue weighted by Crippen LogP contribution is 2.29. The number of hydrogen-bond donors (Lipinski definition) is 1. The van der Waals surface area contributed by atoms with Crippen molar-refractivity contribution in [1.29, 1.82) is 0 Å². The number of unbranched alkanes of at least 4 members (excludes halogenated alkanes) is 2. The third-order valence-electron chi connectivity index (χ3n) is 4.77. The predicted octanol–water partition coefficient (Wildman–Crippen LogP) is 2.51. The van der Waals surface area contributed by atoms with Crippen LogP contribution in [0.25, 0.3) is 11.0 Å². The highest BCUT2D eigenvalue weighted by molar-refractivity contribution is 5.83. The summed E-state index contributed by atoms with van der Waals surface area (Å²) < 4.78 is 15.7. The lowest BCUT2D eigenvalue weighted by Gasteiger charge is -2.09. The van der Waals surface area contributed by atoms with Gasteiger partial charge in [-0.25, -0.2) is 9.59 Å². The number of ether oxygens (including phenoxy) is 2. The lowest BCUT2D eigenvalue weighted by Crippen LogP contribution is -2.30. The molecule has 2 aromatic rings. The Balaban J connectivity index is 1.50. The van der Waals surface area contributed by atoms with Gasteiger partial charge in [-0.15, -0.1) is 0 Å². The summed E-state index contributed by atoms with van der Waals surface area (Å²) in [6, 6.07) is 5.17. The van der Waals surface area contributed by atoms with Gasteiger partial charge in [0.05, 0.1) is 0 Å². The summed E-state index contributed by atoms with van der Waals surface area (Å²) in [6.45, 7) is 2.00. The number of hydrogen-bond acceptors (Lipinski definition) is 6. The van der Waals surface area contributed by atoms with E-state index in [4.69, 9.17) is 13.9 Å². The van der Waals surface area contributed by atoms with Gasteiger partial charge in [0.1, 0.15) is 11.3 Å². The van der Waals surface area contributed by atoms with Gasteiger partial charge in [-0.3, -0.25) is 4.79 Å². The monoisotopic (exact) mass is 387 g/mol. The standard InChI is InChI=1S/C21H25NO6/c1-2-3-4-10-22-19(23)12-27-20(24)13-26-14-8-9-16-15-6-5-7-17(15)21(25)28-18(16)11-14/h8-9,11H,2-7,10,12-13H2,1H3,(H,22,23). The van der Waals surface area contributed by atoms with E-state index in [0.717, 1.165) is 55.0 Å². The first kappa shape index (κ1) is 19.9. The first-order valence-electron chi connectivity index (χ1n) is 9.72. The van der Waals surface area contributed by atoms with E-state index in [2.05, 4.69) is 12.2 Å². The maximum Gasteiger partial charge on any atom is 0.344 e. The number of carbonyl (C=O) groups is 2. The van der Waals surface area contributed by atoms with Gasteiger partial charge in [0, 0.05) is 23.6 Å². The Hall–Kier alpha value is -2.83. The first-order valence-corrected chi connectivity index (χ1v) is 9.72. The van der Waals surface area contributed by atoms with Crippen LogP contribution in [-0.4, -0.2) is 31.6 Å². The van der Waals surface area contributed by atoms with E-state index in [0.29, 0.717) is 17.9 Å². The predicted molar refractivity (Wildman–Crippen MR) is 103 cm³/mol. The first-order chi connectivity index (χ1) is 13.6. The molecule has 1 aromatic carbocycles. The molecular weight excluding hydrogens is 362 g/mol. The van der Waals surface area contributed by atoms with Crippen LogP contribution in [0.15, 0.2) is 27.4 Å². The lowest BCUT2D eigenvalue weighted by atomic mass is 10.1. The lowest BCUT2D eigenvalue weighted by molar-refractivity contribution is -0.150. The van der Waals surface area contributed by atoms with Gasteiger partial charge in [-0.1, -0.05) is 19.8 Å². The van der Waals surface area contributed by atoms with Crippen molar-refractivity contribution < 1.29 is 23.5 Å². The Bertz CT molecular complexity index is 917. The Morgan fingerprint density at radius 3 is 2.79 bits per heavy atom. The SMILES string of the molecule is CCCCCNC(=O)COC(=O)COc1ccc2c3c(c(=O)oc2c1)CCC3. The highest BCUT2D eigenvalue weighted by Gasteiger charge is 2.19. The summed E-state index contributed by atoms with van der Waals surface area (Å²) in [5.41, 5.74) is 1.95. The molecule has 3 rings (SSSR count). The van der Waals surface area contributed by atoms with Gasteiger partial charge in [0.2, 0.25) is 0 Å². The molecule has 0 bridgehead atoms. The van der Waals surface area contributed by atoms with Crippen LogP contribution >= 0.6 is 0 Å². The zero-order valence-electron chi connectivity index (χ0n) is 16.0. The summed E-state index contributed by atoms with van der Waals surface area (Å²) in [4.78, 5) is 35.4. The maximum absolute atomic E-state index is 12.0. The molecule has 0 aliphatic heterocycles. The molecule has 1 amide bonds. The minimum absolute atomic E-state index is 0.304. The second kappa shape index (κ2) is 9.39. The molecule has 0 radical (unpaired) electrons. The Morgan fingerprint density at radius 2 is 1.96 bits per heavy atom. The normalized spacial score (nSPS) is 12.6. The minimum atomic E-state index is -0.640. The number of esters is 1. The van der Waals surface area contributed by atoms with Crippen LogP contribution in [-0.2, 0) is 27.2 Å². The Morgan fingerprint density at radius 1 is 1.14 bits per heavy atom. The summed E-state index contributed by atoms with van der Waals surface area (Å²) >= 11 is 0. The van der Waals surface area contributed by atoms with Crippen LogP contribution in [0.5, 0.6) is 5.75 Å². The Labute approximate surface area is 163 Å². The maximum atomic E-state index is 12.0. The second-order valence-corrected chi connectivity index (χ2v) is 6.86. The quantitative estimate of drug-likeness (QED) is 0.404. The number of fused-ring (bicyclic) bond motifs is 3. The molecule has 1 aliphatic carbocycles. The van der Waals surface area contributed by atoms with Crippen molar-refractivity contribution in [2.75, 3.05) is 19.8 Å². The molecule has 1 N–H and O–H groups in total. The molecule has 0 saturated carbocycles. The van der Waals surface area contributed by atoms with Crippen molar-refractivity contribution in [3.8, 4) is 5.75 Å². The van der Waals surface area contributed by atoms with E-state index in [1.165, 1.54) is 0 Å². The average Bonchev–Trinajstić information content (AvgIpc) is 3.19. The summed E-state index contributed by atoms with van der Waals surface area (Å²) in [6.07, 6.45) is 5.59. The summed E-state index contributed by atoms with van der Waals surface area (Å²) in [5.74, 6) is -0.570. The van der Waals surface area contributed by atoms with Crippen molar-refractivity contribution >= 4 is 22.8 Å². The molecule has 0 saturated heterocycles. The fourth-order valence-corrected chi connectivity index (χ4v) is 3.34. The van der Waals surface area contributed by atoms with Gasteiger partial charge in [-0.05, 0) is 43.4 Å². The van der Waals surface area contributed by atoms with E-state index < -0.39 is 5.97 Å². The average molecular weight is 387 g/mol. The molecular formula is C21H25NO6. The fourth-order valence-electron chi connectivity index (χ4n) is 3.34. The highest BCUT2D eigenvalue weighted by atomic mass is 16.6. The van der Waals surface area contributed by atoms with Crippen molar-refractivity contribution in [1.82, 2.24) is 5.32 Å². The van der Waals surface area contributed by atoms with Crippen LogP contribution in [0.2, 0.25) is 0 Å². The fraction of sp³-hybridized carbons (Fsp3) is 0.476. The third kappa shape index (κ3) is 4.91. The van der Waals surface area contributed by atoms with E-state index in [-0.39, 0.29) is 24.7 Å². The summed E-state index contributed by atoms with van der Waals surface area (Å²) in [7, 11) is 0. The van der Waals surface area contributed by atoms with Crippen molar-refractivity contribution in [3.63, 3.8) is 0 Å². The number of nitrogens with one attached hydrogen (secondary N) is 1. The van der Waals surface area contributed by atoms with Gasteiger partial charge >= 0.3 is 11.6 Å². The molecule has 7 nitrogen and oxygen atoms in total. The van der Waals surface area contributed by atoms with E-state index >= 15 is 0 Å². The molecule has 1 aromatic heterocycles. The number of rotatable bonds is 9. The molecule has 1 heterocycles. The molecule has 0 unspecified atom stereocenters. The van der Waals surface area contributed by atoms with Gasteiger partial charge in [-0.2, -0.15) is 0 Å². The van der Waals surface area contributed by atoms with Crippen molar-refractivity contribution in [2.45, 2.75) is 45.4 Å². The molecule has 0 atom stereocenters. The van der Waals surface area contributed by atoms with Gasteiger partial charge in [0.25, 0.3) is 5.91 Å². The molecule has 7 heteroatoms. The summed E-state index contributed by atoms with van der Waals surface area (Å²) in [5, 5.41) is 3.60. The third-order valence-corrected chi connectivity index (χ3v) is 4.77. The zero-order chi connectivity index (χ0) is 19.9. The molecule has 1 aliphatic rings. The topological polar surface area (TPSA) is 94.8 Å². The Kier molecular flexibility index (Phi) is 6.68. The van der Waals surface area contributed by atoms with E-state index in [1.54, 1.807) is 12.1 Å². The van der Waals surface area contributed by atoms with Gasteiger partial charge < -0.3 is 19.2 Å². The van der Waals surface area contributed by atoms with Crippen LogP contribution < -0.4 is 15.7 Å². The van der Waals surface area contributed by atoms with Crippen LogP contribution in [0.4, 0.5) is 0 Å². The second-order valence-electron chi connectivity index (χ2n) is 6.86. The van der Waals surface area contributed by atoms with E-state index in [9.17, 15) is 14.4 Å². The van der Waals surface area contributed by atoms with E-state index in [1.807, 2.05) is 6.07 Å². The number of benzene rings is 1. The number of aryl methyl sites for hydroxylation is 1. The largest absolute Gasteiger partial charge is 0.482 e. The molecule has 150 valence electrons. The van der Waals surface area contributed by atoms with Gasteiger partial charge in [0.15, 0.2) is 13.2 Å². The van der Waals surface area contributed by atoms with Crippen LogP contribution in [0.1, 0.15) is 43.7 Å². The molecule has 0 fully saturated rings. The minimum Gasteiger partial charge on any atom is -0.482 e. The van der Waals surface area contributed by atoms with Crippen LogP contribution in [0.3, 0.4) is 0 Å². The van der Waals surface area contributed by atoms with Crippen molar-refractivity contribution in [2.24, 2.45) is 0 Å². The van der Waals surface area contributed by atoms with Crippen molar-refractivity contribution in [3.05, 3.63) is 39.7 Å². The molecule has 0 spiro atoms. The zero-order valence-corrected chi connectivity index (χ0v) is 16.0. The van der Waals surface area contributed by atoms with Crippen LogP contribution in [0, 0.1) is 0 Å². The number of carbonyl (C=O) groups excluding carboxylic acids is 2. The molecule has 28 heavy (non-hydrogen) atoms. The smallest absolute Gasteiger partial charge is 0.344 e. The number of amides is 1.